The van der Waals surface area contributed by atoms with Crippen LogP contribution in [0.25, 0.3) is 0 Å². The maximum atomic E-state index is 11.3. The number of rotatable bonds is 6. The van der Waals surface area contributed by atoms with E-state index in [1.807, 2.05) is 60.7 Å². The summed E-state index contributed by atoms with van der Waals surface area (Å²) in [4.78, 5) is 16.2. The van der Waals surface area contributed by atoms with E-state index >= 15 is 0 Å². The average Bonchev–Trinajstić information content (AvgIpc) is 3.24. The normalized spacial score (nSPS) is 17.6. The fourth-order valence-corrected chi connectivity index (χ4v) is 3.66. The third-order valence-electron chi connectivity index (χ3n) is 5.03. The molecule has 0 amide bonds. The molecule has 31 heavy (non-hydrogen) atoms. The summed E-state index contributed by atoms with van der Waals surface area (Å²) in [6, 6.07) is 22.7. The quantitative estimate of drug-likeness (QED) is 0.508. The molecule has 2 atom stereocenters. The van der Waals surface area contributed by atoms with Gasteiger partial charge in [-0.2, -0.15) is 0 Å². The molecule has 5 nitrogen and oxygen atoms in total. The molecule has 0 spiro atoms. The number of ether oxygens (including phenoxy) is 2. The molecule has 4 rings (SSSR count). The van der Waals surface area contributed by atoms with E-state index in [0.717, 1.165) is 22.5 Å². The van der Waals surface area contributed by atoms with Crippen molar-refractivity contribution in [2.24, 2.45) is 4.99 Å². The van der Waals surface area contributed by atoms with Crippen molar-refractivity contribution in [1.29, 1.82) is 0 Å². The molecule has 0 bridgehead atoms. The Morgan fingerprint density at radius 3 is 2.06 bits per heavy atom. The lowest BCUT2D eigenvalue weighted by atomic mass is 9.95. The Kier molecular flexibility index (Phi) is 6.44. The van der Waals surface area contributed by atoms with Crippen LogP contribution >= 0.6 is 23.2 Å². The third kappa shape index (κ3) is 5.01. The van der Waals surface area contributed by atoms with Crippen molar-refractivity contribution in [3.8, 4) is 5.75 Å². The van der Waals surface area contributed by atoms with Gasteiger partial charge in [-0.3, -0.25) is 4.99 Å². The van der Waals surface area contributed by atoms with E-state index < -0.39 is 5.97 Å². The van der Waals surface area contributed by atoms with Crippen LogP contribution in [-0.2, 0) is 9.53 Å². The maximum Gasteiger partial charge on any atom is 0.343 e. The molecular formula is C24H20Cl2N2O3. The van der Waals surface area contributed by atoms with Gasteiger partial charge < -0.3 is 14.8 Å². The second-order valence-electron chi connectivity index (χ2n) is 7.04. The van der Waals surface area contributed by atoms with Gasteiger partial charge in [0.05, 0.1) is 13.2 Å². The molecule has 3 aromatic rings. The van der Waals surface area contributed by atoms with Crippen molar-refractivity contribution in [2.45, 2.75) is 12.1 Å². The van der Waals surface area contributed by atoms with E-state index in [-0.39, 0.29) is 18.7 Å². The zero-order valence-corrected chi connectivity index (χ0v) is 18.2. The minimum absolute atomic E-state index is 0.0521. The highest BCUT2D eigenvalue weighted by Gasteiger charge is 2.31. The summed E-state index contributed by atoms with van der Waals surface area (Å²) in [5, 5.41) is 4.92. The summed E-state index contributed by atoms with van der Waals surface area (Å²) in [5.41, 5.74) is 3.06. The number of hydrogen-bond donors (Lipinski definition) is 1. The molecular weight excluding hydrogens is 435 g/mol. The minimum atomic E-state index is -0.428. The highest BCUT2D eigenvalue weighted by atomic mass is 35.5. The number of carbonyl (C=O) groups is 1. The Labute approximate surface area is 190 Å². The molecule has 0 radical (unpaired) electrons. The lowest BCUT2D eigenvalue weighted by molar-refractivity contribution is -0.142. The smallest absolute Gasteiger partial charge is 0.343 e. The number of halogens is 2. The Bertz CT molecular complexity index is 1080. The molecule has 0 saturated carbocycles. The average molecular weight is 455 g/mol. The standard InChI is InChI=1S/C24H20Cl2N2O3/c1-30-21(29)14-31-20-12-6-17(7-13-20)24-27-22(15-2-8-18(25)9-3-15)23(28-24)16-4-10-19(26)11-5-16/h2-13,22-23H,14H2,1H3,(H,27,28). The number of nitrogens with one attached hydrogen (secondary N) is 1. The van der Waals surface area contributed by atoms with Crippen LogP contribution in [0.4, 0.5) is 0 Å². The molecule has 0 aliphatic carbocycles. The molecule has 0 saturated heterocycles. The number of amidine groups is 1. The van der Waals surface area contributed by atoms with E-state index in [9.17, 15) is 4.79 Å². The molecule has 7 heteroatoms. The molecule has 158 valence electrons. The number of hydrogen-bond acceptors (Lipinski definition) is 5. The van der Waals surface area contributed by atoms with Gasteiger partial charge >= 0.3 is 5.97 Å². The summed E-state index contributed by atoms with van der Waals surface area (Å²) in [7, 11) is 1.33. The maximum absolute atomic E-state index is 11.3. The second kappa shape index (κ2) is 9.41. The van der Waals surface area contributed by atoms with Gasteiger partial charge in [-0.05, 0) is 59.7 Å². The van der Waals surface area contributed by atoms with Gasteiger partial charge in [0, 0.05) is 15.6 Å². The Morgan fingerprint density at radius 1 is 0.903 bits per heavy atom. The highest BCUT2D eigenvalue weighted by Crippen LogP contribution is 2.37. The number of esters is 1. The predicted octanol–water partition coefficient (Wildman–Crippen LogP) is 5.38. The predicted molar refractivity (Wildman–Crippen MR) is 122 cm³/mol. The van der Waals surface area contributed by atoms with E-state index in [1.54, 1.807) is 12.1 Å². The van der Waals surface area contributed by atoms with E-state index in [2.05, 4.69) is 10.1 Å². The molecule has 3 aromatic carbocycles. The number of benzene rings is 3. The van der Waals surface area contributed by atoms with Gasteiger partial charge in [-0.1, -0.05) is 47.5 Å². The van der Waals surface area contributed by atoms with Crippen molar-refractivity contribution in [3.63, 3.8) is 0 Å². The van der Waals surface area contributed by atoms with Crippen LogP contribution < -0.4 is 10.1 Å². The highest BCUT2D eigenvalue weighted by molar-refractivity contribution is 6.30. The first-order valence-corrected chi connectivity index (χ1v) is 10.4. The second-order valence-corrected chi connectivity index (χ2v) is 7.91. The number of methoxy groups -OCH3 is 1. The molecule has 1 heterocycles. The molecule has 1 aliphatic rings. The van der Waals surface area contributed by atoms with E-state index in [1.165, 1.54) is 7.11 Å². The Morgan fingerprint density at radius 2 is 1.48 bits per heavy atom. The van der Waals surface area contributed by atoms with Crippen molar-refractivity contribution in [1.82, 2.24) is 5.32 Å². The zero-order chi connectivity index (χ0) is 21.8. The number of nitrogens with zero attached hydrogens (tertiary/aromatic N) is 1. The number of carbonyl (C=O) groups excluding carboxylic acids is 1. The molecule has 0 aromatic heterocycles. The summed E-state index contributed by atoms with van der Waals surface area (Å²) in [6.07, 6.45) is 0. The van der Waals surface area contributed by atoms with Gasteiger partial charge in [-0.25, -0.2) is 4.79 Å². The van der Waals surface area contributed by atoms with Gasteiger partial charge in [0.2, 0.25) is 0 Å². The fraction of sp³-hybridized carbons (Fsp3) is 0.167. The molecule has 1 N–H and O–H groups in total. The van der Waals surface area contributed by atoms with Crippen LogP contribution in [0, 0.1) is 0 Å². The van der Waals surface area contributed by atoms with E-state index in [0.29, 0.717) is 15.8 Å². The van der Waals surface area contributed by atoms with Crippen LogP contribution in [0.5, 0.6) is 5.75 Å². The SMILES string of the molecule is COC(=O)COc1ccc(C2=NC(c3ccc(Cl)cc3)C(c3ccc(Cl)cc3)N2)cc1. The van der Waals surface area contributed by atoms with Crippen molar-refractivity contribution >= 4 is 35.0 Å². The van der Waals surface area contributed by atoms with Crippen molar-refractivity contribution in [3.05, 3.63) is 99.5 Å². The van der Waals surface area contributed by atoms with Gasteiger partial charge in [-0.15, -0.1) is 0 Å². The molecule has 2 unspecified atom stereocenters. The monoisotopic (exact) mass is 454 g/mol. The van der Waals surface area contributed by atoms with Gasteiger partial charge in [0.25, 0.3) is 0 Å². The van der Waals surface area contributed by atoms with Crippen LogP contribution in [-0.4, -0.2) is 25.5 Å². The first-order chi connectivity index (χ1) is 15.0. The first kappa shape index (κ1) is 21.2. The van der Waals surface area contributed by atoms with Crippen LogP contribution in [0.1, 0.15) is 28.8 Å². The third-order valence-corrected chi connectivity index (χ3v) is 5.53. The van der Waals surface area contributed by atoms with Gasteiger partial charge in [0.15, 0.2) is 6.61 Å². The van der Waals surface area contributed by atoms with Crippen LogP contribution in [0.3, 0.4) is 0 Å². The topological polar surface area (TPSA) is 59.9 Å². The van der Waals surface area contributed by atoms with Crippen molar-refractivity contribution < 1.29 is 14.3 Å². The molecule has 1 aliphatic heterocycles. The summed E-state index contributed by atoms with van der Waals surface area (Å²) < 4.78 is 10.0. The summed E-state index contributed by atoms with van der Waals surface area (Å²) >= 11 is 12.2. The zero-order valence-electron chi connectivity index (χ0n) is 16.7. The van der Waals surface area contributed by atoms with E-state index in [4.69, 9.17) is 32.9 Å². The molecule has 0 fully saturated rings. The summed E-state index contributed by atoms with van der Waals surface area (Å²) in [6.45, 7) is -0.133. The van der Waals surface area contributed by atoms with Crippen LogP contribution in [0.15, 0.2) is 77.8 Å². The largest absolute Gasteiger partial charge is 0.482 e. The number of aliphatic imine (C=N–C) groups is 1. The first-order valence-electron chi connectivity index (χ1n) is 9.69. The fourth-order valence-electron chi connectivity index (χ4n) is 3.41. The van der Waals surface area contributed by atoms with Crippen LogP contribution in [0.2, 0.25) is 10.0 Å². The summed E-state index contributed by atoms with van der Waals surface area (Å²) in [5.74, 6) is 0.929. The Balaban J connectivity index is 1.60. The minimum Gasteiger partial charge on any atom is -0.482 e. The lowest BCUT2D eigenvalue weighted by Gasteiger charge is -2.20. The lowest BCUT2D eigenvalue weighted by Crippen LogP contribution is -2.25. The Hall–Kier alpha value is -3.02. The van der Waals surface area contributed by atoms with Gasteiger partial charge in [0.1, 0.15) is 17.6 Å². The van der Waals surface area contributed by atoms with Crippen molar-refractivity contribution in [2.75, 3.05) is 13.7 Å².